The molecular formula is C14H20N2OS. The molecule has 2 aliphatic rings. The lowest BCUT2D eigenvalue weighted by Gasteiger charge is -2.08. The molecule has 1 aromatic rings. The van der Waals surface area contributed by atoms with E-state index >= 15 is 0 Å². The van der Waals surface area contributed by atoms with Gasteiger partial charge in [-0.3, -0.25) is 4.79 Å². The summed E-state index contributed by atoms with van der Waals surface area (Å²) in [6.07, 6.45) is 7.46. The Kier molecular flexibility index (Phi) is 3.66. The standard InChI is InChI=1S/C14H20N2OS/c17-14(16-8-7-15-11-5-6-11)13-9-10-3-1-2-4-12(10)18-13/h9,11,15H,1-8H2,(H,16,17). The monoisotopic (exact) mass is 264 g/mol. The van der Waals surface area contributed by atoms with E-state index in [9.17, 15) is 4.79 Å². The summed E-state index contributed by atoms with van der Waals surface area (Å²) in [5, 5.41) is 6.40. The molecule has 1 saturated carbocycles. The van der Waals surface area contributed by atoms with E-state index in [1.54, 1.807) is 11.3 Å². The molecule has 1 amide bonds. The summed E-state index contributed by atoms with van der Waals surface area (Å²) in [6.45, 7) is 1.62. The number of fused-ring (bicyclic) bond motifs is 1. The molecular weight excluding hydrogens is 244 g/mol. The highest BCUT2D eigenvalue weighted by Crippen LogP contribution is 2.29. The van der Waals surface area contributed by atoms with Crippen LogP contribution in [0.2, 0.25) is 0 Å². The third kappa shape index (κ3) is 2.93. The number of aryl methyl sites for hydroxylation is 2. The van der Waals surface area contributed by atoms with Crippen LogP contribution in [-0.2, 0) is 12.8 Å². The molecule has 0 radical (unpaired) electrons. The van der Waals surface area contributed by atoms with E-state index in [4.69, 9.17) is 0 Å². The van der Waals surface area contributed by atoms with Crippen molar-refractivity contribution in [3.63, 3.8) is 0 Å². The Labute approximate surface area is 112 Å². The normalized spacial score (nSPS) is 18.4. The van der Waals surface area contributed by atoms with Crippen LogP contribution in [0.25, 0.3) is 0 Å². The summed E-state index contributed by atoms with van der Waals surface area (Å²) in [7, 11) is 0. The molecule has 3 nitrogen and oxygen atoms in total. The molecule has 1 heterocycles. The third-order valence-electron chi connectivity index (χ3n) is 3.64. The van der Waals surface area contributed by atoms with Gasteiger partial charge in [-0.2, -0.15) is 0 Å². The molecule has 0 spiro atoms. The fourth-order valence-corrected chi connectivity index (χ4v) is 3.60. The summed E-state index contributed by atoms with van der Waals surface area (Å²) in [4.78, 5) is 14.3. The molecule has 0 saturated heterocycles. The number of carbonyl (C=O) groups is 1. The van der Waals surface area contributed by atoms with E-state index in [1.807, 2.05) is 0 Å². The predicted octanol–water partition coefficient (Wildman–Crippen LogP) is 2.11. The summed E-state index contributed by atoms with van der Waals surface area (Å²) in [5.74, 6) is 0.104. The minimum absolute atomic E-state index is 0.104. The van der Waals surface area contributed by atoms with Crippen LogP contribution in [0, 0.1) is 0 Å². The van der Waals surface area contributed by atoms with Gasteiger partial charge in [-0.15, -0.1) is 11.3 Å². The van der Waals surface area contributed by atoms with Crippen molar-refractivity contribution in [3.05, 3.63) is 21.4 Å². The van der Waals surface area contributed by atoms with Crippen molar-refractivity contribution in [1.82, 2.24) is 10.6 Å². The van der Waals surface area contributed by atoms with Gasteiger partial charge in [0.2, 0.25) is 0 Å². The lowest BCUT2D eigenvalue weighted by atomic mass is 9.99. The maximum absolute atomic E-state index is 12.0. The van der Waals surface area contributed by atoms with Crippen molar-refractivity contribution in [3.8, 4) is 0 Å². The van der Waals surface area contributed by atoms with Crippen LogP contribution in [-0.4, -0.2) is 25.0 Å². The smallest absolute Gasteiger partial charge is 0.261 e. The van der Waals surface area contributed by atoms with Crippen LogP contribution in [0.1, 0.15) is 45.8 Å². The fraction of sp³-hybridized carbons (Fsp3) is 0.643. The summed E-state index contributed by atoms with van der Waals surface area (Å²) < 4.78 is 0. The van der Waals surface area contributed by atoms with Gasteiger partial charge in [0.1, 0.15) is 0 Å². The number of hydrogen-bond donors (Lipinski definition) is 2. The highest BCUT2D eigenvalue weighted by Gasteiger charge is 2.20. The van der Waals surface area contributed by atoms with Gasteiger partial charge in [-0.05, 0) is 50.2 Å². The molecule has 2 N–H and O–H groups in total. The van der Waals surface area contributed by atoms with Crippen molar-refractivity contribution in [2.45, 2.75) is 44.6 Å². The zero-order valence-electron chi connectivity index (χ0n) is 10.6. The number of amides is 1. The van der Waals surface area contributed by atoms with E-state index < -0.39 is 0 Å². The van der Waals surface area contributed by atoms with E-state index in [1.165, 1.54) is 36.1 Å². The van der Waals surface area contributed by atoms with Crippen LogP contribution in [0.15, 0.2) is 6.07 Å². The van der Waals surface area contributed by atoms with Crippen molar-refractivity contribution in [1.29, 1.82) is 0 Å². The topological polar surface area (TPSA) is 41.1 Å². The Bertz CT molecular complexity index is 414. The predicted molar refractivity (Wildman–Crippen MR) is 74.3 cm³/mol. The van der Waals surface area contributed by atoms with Crippen molar-refractivity contribution in [2.75, 3.05) is 13.1 Å². The second-order valence-corrected chi connectivity index (χ2v) is 6.39. The second kappa shape index (κ2) is 5.41. The second-order valence-electron chi connectivity index (χ2n) is 5.25. The Morgan fingerprint density at radius 1 is 1.28 bits per heavy atom. The number of hydrogen-bond acceptors (Lipinski definition) is 3. The Balaban J connectivity index is 1.49. The Morgan fingerprint density at radius 3 is 2.89 bits per heavy atom. The molecule has 2 aliphatic carbocycles. The van der Waals surface area contributed by atoms with E-state index in [0.29, 0.717) is 0 Å². The SMILES string of the molecule is O=C(NCCNC1CC1)c1cc2c(s1)CCCC2. The van der Waals surface area contributed by atoms with Crippen LogP contribution < -0.4 is 10.6 Å². The quantitative estimate of drug-likeness (QED) is 0.800. The number of nitrogens with one attached hydrogen (secondary N) is 2. The molecule has 1 aromatic heterocycles. The molecule has 0 bridgehead atoms. The maximum atomic E-state index is 12.0. The minimum atomic E-state index is 0.104. The number of carbonyl (C=O) groups excluding carboxylic acids is 1. The molecule has 0 unspecified atom stereocenters. The average Bonchev–Trinajstić information content (AvgIpc) is 3.10. The van der Waals surface area contributed by atoms with Crippen LogP contribution in [0.4, 0.5) is 0 Å². The molecule has 3 rings (SSSR count). The Hall–Kier alpha value is -0.870. The van der Waals surface area contributed by atoms with Crippen LogP contribution >= 0.6 is 11.3 Å². The molecule has 1 fully saturated rings. The lowest BCUT2D eigenvalue weighted by Crippen LogP contribution is -2.32. The minimum Gasteiger partial charge on any atom is -0.350 e. The largest absolute Gasteiger partial charge is 0.350 e. The average molecular weight is 264 g/mol. The highest BCUT2D eigenvalue weighted by molar-refractivity contribution is 7.14. The molecule has 0 aliphatic heterocycles. The van der Waals surface area contributed by atoms with Gasteiger partial charge in [0.25, 0.3) is 5.91 Å². The summed E-state index contributed by atoms with van der Waals surface area (Å²) >= 11 is 1.69. The van der Waals surface area contributed by atoms with Crippen molar-refractivity contribution >= 4 is 17.2 Å². The maximum Gasteiger partial charge on any atom is 0.261 e. The van der Waals surface area contributed by atoms with E-state index in [2.05, 4.69) is 16.7 Å². The molecule has 0 atom stereocenters. The van der Waals surface area contributed by atoms with Gasteiger partial charge >= 0.3 is 0 Å². The lowest BCUT2D eigenvalue weighted by molar-refractivity contribution is 0.0958. The van der Waals surface area contributed by atoms with E-state index in [0.717, 1.165) is 36.9 Å². The summed E-state index contributed by atoms with van der Waals surface area (Å²) in [5.41, 5.74) is 1.41. The van der Waals surface area contributed by atoms with Crippen molar-refractivity contribution < 1.29 is 4.79 Å². The van der Waals surface area contributed by atoms with Crippen LogP contribution in [0.3, 0.4) is 0 Å². The first kappa shape index (κ1) is 12.2. The van der Waals surface area contributed by atoms with Crippen molar-refractivity contribution in [2.24, 2.45) is 0 Å². The van der Waals surface area contributed by atoms with Gasteiger partial charge in [0.15, 0.2) is 0 Å². The molecule has 98 valence electrons. The molecule has 4 heteroatoms. The zero-order chi connectivity index (χ0) is 12.4. The Morgan fingerprint density at radius 2 is 2.11 bits per heavy atom. The number of rotatable bonds is 5. The zero-order valence-corrected chi connectivity index (χ0v) is 11.4. The molecule has 0 aromatic carbocycles. The van der Waals surface area contributed by atoms with Crippen LogP contribution in [0.5, 0.6) is 0 Å². The molecule has 18 heavy (non-hydrogen) atoms. The first-order chi connectivity index (χ1) is 8.83. The van der Waals surface area contributed by atoms with Gasteiger partial charge in [-0.1, -0.05) is 0 Å². The number of thiophene rings is 1. The highest BCUT2D eigenvalue weighted by atomic mass is 32.1. The third-order valence-corrected chi connectivity index (χ3v) is 4.88. The van der Waals surface area contributed by atoms with Gasteiger partial charge in [-0.25, -0.2) is 0 Å². The van der Waals surface area contributed by atoms with Gasteiger partial charge < -0.3 is 10.6 Å². The first-order valence-corrected chi connectivity index (χ1v) is 7.78. The first-order valence-electron chi connectivity index (χ1n) is 6.96. The van der Waals surface area contributed by atoms with E-state index in [-0.39, 0.29) is 5.91 Å². The van der Waals surface area contributed by atoms with Gasteiger partial charge in [0.05, 0.1) is 4.88 Å². The van der Waals surface area contributed by atoms with Gasteiger partial charge in [0, 0.05) is 24.0 Å². The fourth-order valence-electron chi connectivity index (χ4n) is 2.43. The summed E-state index contributed by atoms with van der Waals surface area (Å²) in [6, 6.07) is 2.82.